The fourth-order valence-corrected chi connectivity index (χ4v) is 3.25. The Balaban J connectivity index is 1.62. The minimum Gasteiger partial charge on any atom is -0.325 e. The molecule has 8 heteroatoms. The number of imide groups is 1. The number of benzene rings is 2. The predicted octanol–water partition coefficient (Wildman–Crippen LogP) is 3.15. The van der Waals surface area contributed by atoms with E-state index >= 15 is 0 Å². The van der Waals surface area contributed by atoms with Gasteiger partial charge >= 0.3 is 0 Å². The molecule has 0 atom stereocenters. The van der Waals surface area contributed by atoms with Gasteiger partial charge in [-0.3, -0.25) is 24.1 Å². The number of carbonyl (C=O) groups is 4. The molecular formula is C20H17N3O4S. The Kier molecular flexibility index (Phi) is 5.90. The van der Waals surface area contributed by atoms with Gasteiger partial charge in [-0.25, -0.2) is 0 Å². The second kappa shape index (κ2) is 8.53. The van der Waals surface area contributed by atoms with Crippen molar-refractivity contribution in [3.8, 4) is 0 Å². The first-order chi connectivity index (χ1) is 13.4. The summed E-state index contributed by atoms with van der Waals surface area (Å²) in [4.78, 5) is 49.5. The average Bonchev–Trinajstić information content (AvgIpc) is 2.92. The molecule has 1 aliphatic rings. The van der Waals surface area contributed by atoms with Gasteiger partial charge < -0.3 is 10.6 Å². The Morgan fingerprint density at radius 3 is 2.29 bits per heavy atom. The maximum atomic E-state index is 12.4. The third-order valence-electron chi connectivity index (χ3n) is 3.81. The monoisotopic (exact) mass is 395 g/mol. The Labute approximate surface area is 165 Å². The molecular weight excluding hydrogens is 378 g/mol. The van der Waals surface area contributed by atoms with E-state index in [1.807, 2.05) is 19.1 Å². The second-order valence-corrected chi connectivity index (χ2v) is 7.03. The van der Waals surface area contributed by atoms with Crippen LogP contribution in [0.5, 0.6) is 0 Å². The number of nitrogens with zero attached hydrogens (tertiary/aromatic N) is 1. The van der Waals surface area contributed by atoms with Crippen molar-refractivity contribution in [1.29, 1.82) is 0 Å². The van der Waals surface area contributed by atoms with E-state index in [0.717, 1.165) is 16.5 Å². The van der Waals surface area contributed by atoms with E-state index in [4.69, 9.17) is 0 Å². The molecule has 7 nitrogen and oxygen atoms in total. The molecule has 0 spiro atoms. The number of hydrogen-bond acceptors (Lipinski definition) is 5. The molecule has 3 rings (SSSR count). The standard InChI is InChI=1S/C20H17N3O4S/c1-13-7-9-15(10-8-13)21-17(24)11-16-19(26)23(20(27)28-16)12-18(25)22-14-5-3-2-4-6-14/h2-11H,12H2,1H3,(H,21,24)(H,22,25). The molecule has 28 heavy (non-hydrogen) atoms. The zero-order valence-corrected chi connectivity index (χ0v) is 15.8. The lowest BCUT2D eigenvalue weighted by Crippen LogP contribution is -2.36. The van der Waals surface area contributed by atoms with Crippen molar-refractivity contribution in [1.82, 2.24) is 4.90 Å². The molecule has 2 aromatic rings. The van der Waals surface area contributed by atoms with Crippen molar-refractivity contribution >= 4 is 46.1 Å². The number of amides is 4. The highest BCUT2D eigenvalue weighted by Crippen LogP contribution is 2.30. The fraction of sp³-hybridized carbons (Fsp3) is 0.100. The highest BCUT2D eigenvalue weighted by Gasteiger charge is 2.36. The van der Waals surface area contributed by atoms with Gasteiger partial charge in [0.15, 0.2) is 0 Å². The average molecular weight is 395 g/mol. The van der Waals surface area contributed by atoms with E-state index in [9.17, 15) is 19.2 Å². The van der Waals surface area contributed by atoms with Gasteiger partial charge in [-0.2, -0.15) is 0 Å². The third kappa shape index (κ3) is 4.86. The molecule has 142 valence electrons. The Hall–Kier alpha value is -3.39. The molecule has 0 aliphatic carbocycles. The molecule has 0 aromatic heterocycles. The second-order valence-electron chi connectivity index (χ2n) is 6.04. The number of thioether (sulfide) groups is 1. The minimum absolute atomic E-state index is 0.0258. The van der Waals surface area contributed by atoms with Crippen molar-refractivity contribution in [2.45, 2.75) is 6.92 Å². The van der Waals surface area contributed by atoms with E-state index < -0.39 is 29.5 Å². The van der Waals surface area contributed by atoms with Crippen molar-refractivity contribution < 1.29 is 19.2 Å². The summed E-state index contributed by atoms with van der Waals surface area (Å²) in [6, 6.07) is 15.9. The molecule has 1 heterocycles. The number of hydrogen-bond donors (Lipinski definition) is 2. The maximum absolute atomic E-state index is 12.4. The Bertz CT molecular complexity index is 955. The van der Waals surface area contributed by atoms with Gasteiger partial charge in [0, 0.05) is 17.5 Å². The Morgan fingerprint density at radius 2 is 1.61 bits per heavy atom. The number of nitrogens with one attached hydrogen (secondary N) is 2. The van der Waals surface area contributed by atoms with Crippen LogP contribution in [-0.2, 0) is 14.4 Å². The van der Waals surface area contributed by atoms with Crippen molar-refractivity contribution in [2.75, 3.05) is 17.2 Å². The predicted molar refractivity (Wildman–Crippen MR) is 108 cm³/mol. The van der Waals surface area contributed by atoms with Crippen LogP contribution in [0, 0.1) is 6.92 Å². The first-order valence-corrected chi connectivity index (χ1v) is 9.22. The van der Waals surface area contributed by atoms with Crippen LogP contribution in [0.25, 0.3) is 0 Å². The number of anilines is 2. The van der Waals surface area contributed by atoms with Crippen molar-refractivity contribution in [3.05, 3.63) is 71.1 Å². The van der Waals surface area contributed by atoms with Gasteiger partial charge in [0.1, 0.15) is 6.54 Å². The largest absolute Gasteiger partial charge is 0.325 e. The third-order valence-corrected chi connectivity index (χ3v) is 4.72. The van der Waals surface area contributed by atoms with Crippen LogP contribution in [0.4, 0.5) is 16.2 Å². The lowest BCUT2D eigenvalue weighted by Gasteiger charge is -2.12. The first kappa shape index (κ1) is 19.4. The van der Waals surface area contributed by atoms with Crippen LogP contribution in [0.2, 0.25) is 0 Å². The normalized spacial score (nSPS) is 15.0. The molecule has 2 N–H and O–H groups in total. The van der Waals surface area contributed by atoms with Crippen molar-refractivity contribution in [2.24, 2.45) is 0 Å². The Morgan fingerprint density at radius 1 is 0.964 bits per heavy atom. The molecule has 1 saturated heterocycles. The van der Waals surface area contributed by atoms with E-state index in [2.05, 4.69) is 10.6 Å². The van der Waals surface area contributed by atoms with Crippen LogP contribution < -0.4 is 10.6 Å². The fourth-order valence-electron chi connectivity index (χ4n) is 2.44. The van der Waals surface area contributed by atoms with Gasteiger partial charge in [-0.05, 0) is 43.0 Å². The zero-order valence-electron chi connectivity index (χ0n) is 15.0. The van der Waals surface area contributed by atoms with Crippen LogP contribution in [0.15, 0.2) is 65.6 Å². The van der Waals surface area contributed by atoms with Gasteiger partial charge in [0.2, 0.25) is 11.8 Å². The number of carbonyl (C=O) groups excluding carboxylic acids is 4. The number of rotatable bonds is 5. The van der Waals surface area contributed by atoms with E-state index in [1.54, 1.807) is 42.5 Å². The van der Waals surface area contributed by atoms with E-state index in [-0.39, 0.29) is 4.91 Å². The molecule has 1 fully saturated rings. The van der Waals surface area contributed by atoms with Gasteiger partial charge in [-0.15, -0.1) is 0 Å². The summed E-state index contributed by atoms with van der Waals surface area (Å²) in [6.07, 6.45) is 1.07. The van der Waals surface area contributed by atoms with Crippen LogP contribution in [0.1, 0.15) is 5.56 Å². The quantitative estimate of drug-likeness (QED) is 0.759. The summed E-state index contributed by atoms with van der Waals surface area (Å²) in [5.74, 6) is -1.70. The minimum atomic E-state index is -0.669. The summed E-state index contributed by atoms with van der Waals surface area (Å²) in [7, 11) is 0. The molecule has 0 radical (unpaired) electrons. The molecule has 4 amide bonds. The van der Waals surface area contributed by atoms with Gasteiger partial charge in [-0.1, -0.05) is 35.9 Å². The lowest BCUT2D eigenvalue weighted by atomic mass is 10.2. The van der Waals surface area contributed by atoms with Crippen LogP contribution >= 0.6 is 11.8 Å². The van der Waals surface area contributed by atoms with Crippen LogP contribution in [0.3, 0.4) is 0 Å². The molecule has 2 aromatic carbocycles. The van der Waals surface area contributed by atoms with E-state index in [1.165, 1.54) is 0 Å². The summed E-state index contributed by atoms with van der Waals surface area (Å²) in [6.45, 7) is 1.51. The topological polar surface area (TPSA) is 95.6 Å². The highest BCUT2D eigenvalue weighted by molar-refractivity contribution is 8.18. The molecule has 0 saturated carbocycles. The number of para-hydroxylation sites is 1. The summed E-state index contributed by atoms with van der Waals surface area (Å²) < 4.78 is 0. The smallest absolute Gasteiger partial charge is 0.294 e. The molecule has 0 unspecified atom stereocenters. The van der Waals surface area contributed by atoms with Gasteiger partial charge in [0.05, 0.1) is 4.91 Å². The summed E-state index contributed by atoms with van der Waals surface area (Å²) in [5, 5.41) is 4.64. The highest BCUT2D eigenvalue weighted by atomic mass is 32.2. The molecule has 1 aliphatic heterocycles. The van der Waals surface area contributed by atoms with Gasteiger partial charge in [0.25, 0.3) is 11.1 Å². The summed E-state index contributed by atoms with van der Waals surface area (Å²) >= 11 is 0.629. The zero-order chi connectivity index (χ0) is 20.1. The van der Waals surface area contributed by atoms with E-state index in [0.29, 0.717) is 23.1 Å². The lowest BCUT2D eigenvalue weighted by molar-refractivity contribution is -0.127. The SMILES string of the molecule is Cc1ccc(NC(=O)C=C2SC(=O)N(CC(=O)Nc3ccccc3)C2=O)cc1. The van der Waals surface area contributed by atoms with Crippen LogP contribution in [-0.4, -0.2) is 34.4 Å². The first-order valence-electron chi connectivity index (χ1n) is 8.40. The maximum Gasteiger partial charge on any atom is 0.294 e. The van der Waals surface area contributed by atoms with Crippen molar-refractivity contribution in [3.63, 3.8) is 0 Å². The number of aryl methyl sites for hydroxylation is 1. The summed E-state index contributed by atoms with van der Waals surface area (Å²) in [5.41, 5.74) is 2.19. The molecule has 0 bridgehead atoms.